The number of nitrogens with zero attached hydrogens (tertiary/aromatic N) is 1. The normalized spacial score (nSPS) is 28.1. The number of Topliss-reactive ketones (excluding diaryl/α,β-unsaturated/α-hetero) is 1. The van der Waals surface area contributed by atoms with Gasteiger partial charge in [-0.25, -0.2) is 0 Å². The van der Waals surface area contributed by atoms with E-state index in [1.165, 1.54) is 0 Å². The molecule has 0 aromatic carbocycles. The first-order chi connectivity index (χ1) is 6.77. The highest BCUT2D eigenvalue weighted by atomic mass is 16.5. The Balaban J connectivity index is 1.88. The zero-order valence-electron chi connectivity index (χ0n) is 8.20. The van der Waals surface area contributed by atoms with E-state index in [0.717, 1.165) is 12.8 Å². The maximum atomic E-state index is 11.8. The summed E-state index contributed by atoms with van der Waals surface area (Å²) >= 11 is 0. The van der Waals surface area contributed by atoms with Crippen LogP contribution >= 0.6 is 0 Å². The predicted molar refractivity (Wildman–Crippen MR) is 49.8 cm³/mol. The molecule has 2 fully saturated rings. The SMILES string of the molecule is O=C1CCN(C(=O)[C@H]2CCCO2)CC1. The van der Waals surface area contributed by atoms with Gasteiger partial charge >= 0.3 is 0 Å². The Kier molecular flexibility index (Phi) is 2.82. The van der Waals surface area contributed by atoms with Crippen molar-refractivity contribution in [3.63, 3.8) is 0 Å². The standard InChI is InChI=1S/C10H15NO3/c12-8-3-5-11(6-4-8)10(13)9-2-1-7-14-9/h9H,1-7H2/t9-/m1/s1. The second-order valence-electron chi connectivity index (χ2n) is 3.87. The molecule has 1 amide bonds. The first kappa shape index (κ1) is 9.65. The van der Waals surface area contributed by atoms with Crippen LogP contribution in [0.1, 0.15) is 25.7 Å². The van der Waals surface area contributed by atoms with E-state index >= 15 is 0 Å². The maximum absolute atomic E-state index is 11.8. The van der Waals surface area contributed by atoms with Crippen molar-refractivity contribution < 1.29 is 14.3 Å². The Morgan fingerprint density at radius 3 is 2.64 bits per heavy atom. The van der Waals surface area contributed by atoms with Crippen LogP contribution < -0.4 is 0 Å². The number of carbonyl (C=O) groups is 2. The van der Waals surface area contributed by atoms with E-state index in [9.17, 15) is 9.59 Å². The molecule has 0 spiro atoms. The van der Waals surface area contributed by atoms with Gasteiger partial charge in [-0.1, -0.05) is 0 Å². The second kappa shape index (κ2) is 4.09. The minimum Gasteiger partial charge on any atom is -0.368 e. The Labute approximate surface area is 83.2 Å². The van der Waals surface area contributed by atoms with Crippen molar-refractivity contribution in [2.75, 3.05) is 19.7 Å². The summed E-state index contributed by atoms with van der Waals surface area (Å²) in [4.78, 5) is 24.5. The van der Waals surface area contributed by atoms with Crippen molar-refractivity contribution >= 4 is 11.7 Å². The van der Waals surface area contributed by atoms with Crippen molar-refractivity contribution in [2.24, 2.45) is 0 Å². The van der Waals surface area contributed by atoms with E-state index in [1.54, 1.807) is 4.90 Å². The third kappa shape index (κ3) is 1.95. The van der Waals surface area contributed by atoms with Crippen molar-refractivity contribution in [2.45, 2.75) is 31.8 Å². The highest BCUT2D eigenvalue weighted by Gasteiger charge is 2.30. The molecule has 4 nitrogen and oxygen atoms in total. The summed E-state index contributed by atoms with van der Waals surface area (Å²) in [5, 5.41) is 0. The largest absolute Gasteiger partial charge is 0.368 e. The first-order valence-electron chi connectivity index (χ1n) is 5.19. The van der Waals surface area contributed by atoms with E-state index in [0.29, 0.717) is 32.5 Å². The van der Waals surface area contributed by atoms with Crippen molar-refractivity contribution in [1.29, 1.82) is 0 Å². The molecular formula is C10H15NO3. The summed E-state index contributed by atoms with van der Waals surface area (Å²) in [5.74, 6) is 0.344. The molecule has 14 heavy (non-hydrogen) atoms. The van der Waals surface area contributed by atoms with Gasteiger partial charge in [-0.15, -0.1) is 0 Å². The first-order valence-corrected chi connectivity index (χ1v) is 5.19. The summed E-state index contributed by atoms with van der Waals surface area (Å²) < 4.78 is 5.32. The lowest BCUT2D eigenvalue weighted by atomic mass is 10.1. The van der Waals surface area contributed by atoms with Gasteiger partial charge in [-0.3, -0.25) is 9.59 Å². The number of piperidine rings is 1. The molecule has 0 unspecified atom stereocenters. The average molecular weight is 197 g/mol. The van der Waals surface area contributed by atoms with Crippen LogP contribution in [-0.2, 0) is 14.3 Å². The molecule has 4 heteroatoms. The second-order valence-corrected chi connectivity index (χ2v) is 3.87. The molecule has 0 N–H and O–H groups in total. The summed E-state index contributed by atoms with van der Waals surface area (Å²) in [7, 11) is 0. The monoisotopic (exact) mass is 197 g/mol. The van der Waals surface area contributed by atoms with Crippen LogP contribution in [0.2, 0.25) is 0 Å². The third-order valence-corrected chi connectivity index (χ3v) is 2.84. The molecule has 0 radical (unpaired) electrons. The molecular weight excluding hydrogens is 182 g/mol. The van der Waals surface area contributed by atoms with Gasteiger partial charge in [0.2, 0.25) is 0 Å². The van der Waals surface area contributed by atoms with E-state index in [4.69, 9.17) is 4.74 Å². The summed E-state index contributed by atoms with van der Waals surface area (Å²) in [6, 6.07) is 0. The zero-order valence-corrected chi connectivity index (χ0v) is 8.20. The number of likely N-dealkylation sites (tertiary alicyclic amines) is 1. The summed E-state index contributed by atoms with van der Waals surface area (Å²) in [6.07, 6.45) is 2.60. The minimum atomic E-state index is -0.233. The Bertz CT molecular complexity index is 236. The minimum absolute atomic E-state index is 0.0787. The molecule has 0 bridgehead atoms. The highest BCUT2D eigenvalue weighted by molar-refractivity contribution is 5.85. The van der Waals surface area contributed by atoms with Gasteiger partial charge in [0.15, 0.2) is 0 Å². The van der Waals surface area contributed by atoms with E-state index in [2.05, 4.69) is 0 Å². The van der Waals surface area contributed by atoms with Crippen LogP contribution in [0, 0.1) is 0 Å². The molecule has 2 saturated heterocycles. The number of ether oxygens (including phenoxy) is 1. The van der Waals surface area contributed by atoms with Gasteiger partial charge in [-0.05, 0) is 12.8 Å². The molecule has 0 aromatic heterocycles. The molecule has 2 aliphatic rings. The molecule has 2 rings (SSSR count). The molecule has 0 aromatic rings. The number of rotatable bonds is 1. The molecule has 78 valence electrons. The highest BCUT2D eigenvalue weighted by Crippen LogP contribution is 2.16. The molecule has 2 aliphatic heterocycles. The van der Waals surface area contributed by atoms with E-state index < -0.39 is 0 Å². The number of hydrogen-bond donors (Lipinski definition) is 0. The number of ketones is 1. The van der Waals surface area contributed by atoms with Crippen LogP contribution in [0.15, 0.2) is 0 Å². The van der Waals surface area contributed by atoms with E-state index in [1.807, 2.05) is 0 Å². The maximum Gasteiger partial charge on any atom is 0.251 e. The molecule has 0 saturated carbocycles. The molecule has 1 atom stereocenters. The van der Waals surface area contributed by atoms with Gasteiger partial charge in [0.05, 0.1) is 0 Å². The third-order valence-electron chi connectivity index (χ3n) is 2.84. The average Bonchev–Trinajstić information content (AvgIpc) is 2.71. The molecule has 0 aliphatic carbocycles. The van der Waals surface area contributed by atoms with Crippen LogP contribution in [0.5, 0.6) is 0 Å². The zero-order chi connectivity index (χ0) is 9.97. The smallest absolute Gasteiger partial charge is 0.251 e. The van der Waals surface area contributed by atoms with Gasteiger partial charge in [0, 0.05) is 32.5 Å². The Morgan fingerprint density at radius 2 is 2.07 bits per heavy atom. The lowest BCUT2D eigenvalue weighted by molar-refractivity contribution is -0.143. The fourth-order valence-corrected chi connectivity index (χ4v) is 1.95. The van der Waals surface area contributed by atoms with Gasteiger partial charge in [0.1, 0.15) is 11.9 Å². The van der Waals surface area contributed by atoms with Gasteiger partial charge in [-0.2, -0.15) is 0 Å². The van der Waals surface area contributed by atoms with Crippen molar-refractivity contribution in [3.8, 4) is 0 Å². The topological polar surface area (TPSA) is 46.6 Å². The lowest BCUT2D eigenvalue weighted by Gasteiger charge is -2.28. The number of hydrogen-bond acceptors (Lipinski definition) is 3. The van der Waals surface area contributed by atoms with Crippen LogP contribution in [0.25, 0.3) is 0 Å². The number of amides is 1. The van der Waals surface area contributed by atoms with Crippen molar-refractivity contribution in [3.05, 3.63) is 0 Å². The Morgan fingerprint density at radius 1 is 1.36 bits per heavy atom. The summed E-state index contributed by atoms with van der Waals surface area (Å²) in [6.45, 7) is 1.86. The van der Waals surface area contributed by atoms with Gasteiger partial charge in [0.25, 0.3) is 5.91 Å². The fraction of sp³-hybridized carbons (Fsp3) is 0.800. The predicted octanol–water partition coefficient (Wildman–Crippen LogP) is 0.357. The fourth-order valence-electron chi connectivity index (χ4n) is 1.95. The van der Waals surface area contributed by atoms with Gasteiger partial charge < -0.3 is 9.64 Å². The van der Waals surface area contributed by atoms with Crippen LogP contribution in [-0.4, -0.2) is 42.4 Å². The van der Waals surface area contributed by atoms with E-state index in [-0.39, 0.29) is 17.8 Å². The summed E-state index contributed by atoms with van der Waals surface area (Å²) in [5.41, 5.74) is 0. The quantitative estimate of drug-likeness (QED) is 0.609. The molecule has 2 heterocycles. The van der Waals surface area contributed by atoms with Crippen molar-refractivity contribution in [1.82, 2.24) is 4.90 Å². The number of carbonyl (C=O) groups excluding carboxylic acids is 2. The van der Waals surface area contributed by atoms with Crippen LogP contribution in [0.4, 0.5) is 0 Å². The Hall–Kier alpha value is -0.900. The lowest BCUT2D eigenvalue weighted by Crippen LogP contribution is -2.43. The van der Waals surface area contributed by atoms with Crippen LogP contribution in [0.3, 0.4) is 0 Å².